The highest BCUT2D eigenvalue weighted by Crippen LogP contribution is 2.10. The molecule has 1 heterocycles. The lowest BCUT2D eigenvalue weighted by molar-refractivity contribution is 0.583. The van der Waals surface area contributed by atoms with E-state index >= 15 is 0 Å². The number of aromatic amines is 1. The van der Waals surface area contributed by atoms with E-state index in [4.69, 9.17) is 0 Å². The van der Waals surface area contributed by atoms with E-state index in [1.165, 1.54) is 6.92 Å². The smallest absolute Gasteiger partial charge is 0.287 e. The highest BCUT2D eigenvalue weighted by molar-refractivity contribution is 5.28. The Labute approximate surface area is 98.3 Å². The number of hydrogen-bond acceptors (Lipinski definition) is 2. The summed E-state index contributed by atoms with van der Waals surface area (Å²) in [7, 11) is 0. The molecule has 4 heteroatoms. The molecule has 0 unspecified atom stereocenters. The van der Waals surface area contributed by atoms with E-state index in [1.807, 2.05) is 31.2 Å². The Morgan fingerprint density at radius 3 is 2.65 bits per heavy atom. The van der Waals surface area contributed by atoms with Crippen molar-refractivity contribution in [2.45, 2.75) is 20.3 Å². The van der Waals surface area contributed by atoms with Crippen molar-refractivity contribution in [1.82, 2.24) is 9.97 Å². The average molecular weight is 232 g/mol. The van der Waals surface area contributed by atoms with Crippen molar-refractivity contribution in [1.29, 1.82) is 0 Å². The predicted octanol–water partition coefficient (Wildman–Crippen LogP) is 2.12. The van der Waals surface area contributed by atoms with Crippen LogP contribution in [0.25, 0.3) is 0 Å². The lowest BCUT2D eigenvalue weighted by Gasteiger charge is -2.05. The fourth-order valence-electron chi connectivity index (χ4n) is 1.70. The maximum absolute atomic E-state index is 13.1. The van der Waals surface area contributed by atoms with Crippen LogP contribution in [0.15, 0.2) is 29.1 Å². The van der Waals surface area contributed by atoms with E-state index in [9.17, 15) is 9.18 Å². The average Bonchev–Trinajstić information content (AvgIpc) is 2.29. The fourth-order valence-corrected chi connectivity index (χ4v) is 1.70. The van der Waals surface area contributed by atoms with Crippen molar-refractivity contribution in [2.75, 3.05) is 0 Å². The largest absolute Gasteiger partial charge is 0.308 e. The van der Waals surface area contributed by atoms with Crippen molar-refractivity contribution < 1.29 is 4.39 Å². The van der Waals surface area contributed by atoms with Crippen molar-refractivity contribution in [3.8, 4) is 0 Å². The molecule has 0 saturated heterocycles. The van der Waals surface area contributed by atoms with Gasteiger partial charge in [-0.3, -0.25) is 4.79 Å². The summed E-state index contributed by atoms with van der Waals surface area (Å²) in [4.78, 5) is 17.8. The molecule has 1 aromatic carbocycles. The molecule has 0 aliphatic rings. The zero-order valence-electron chi connectivity index (χ0n) is 9.75. The molecule has 17 heavy (non-hydrogen) atoms. The Kier molecular flexibility index (Phi) is 3.04. The van der Waals surface area contributed by atoms with Gasteiger partial charge in [0.1, 0.15) is 5.82 Å². The number of halogens is 1. The molecule has 2 aromatic rings. The van der Waals surface area contributed by atoms with Gasteiger partial charge in [-0.15, -0.1) is 0 Å². The molecule has 0 saturated carbocycles. The number of nitrogens with one attached hydrogen (secondary N) is 1. The minimum Gasteiger partial charge on any atom is -0.308 e. The minimum atomic E-state index is -0.807. The zero-order valence-corrected chi connectivity index (χ0v) is 9.75. The molecule has 0 fully saturated rings. The van der Waals surface area contributed by atoms with E-state index < -0.39 is 11.4 Å². The van der Waals surface area contributed by atoms with Gasteiger partial charge in [0.25, 0.3) is 5.56 Å². The summed E-state index contributed by atoms with van der Waals surface area (Å²) in [6.07, 6.45) is 0.503. The first-order valence-electron chi connectivity index (χ1n) is 5.37. The lowest BCUT2D eigenvalue weighted by atomic mass is 10.1. The first kappa shape index (κ1) is 11.5. The number of benzene rings is 1. The maximum atomic E-state index is 13.1. The van der Waals surface area contributed by atoms with Crippen LogP contribution in [0.2, 0.25) is 0 Å². The molecule has 0 radical (unpaired) electrons. The van der Waals surface area contributed by atoms with Crippen molar-refractivity contribution >= 4 is 0 Å². The molecule has 0 aliphatic carbocycles. The molecule has 1 aromatic heterocycles. The van der Waals surface area contributed by atoms with Gasteiger partial charge in [-0.1, -0.05) is 24.3 Å². The normalized spacial score (nSPS) is 10.5. The van der Waals surface area contributed by atoms with Crippen molar-refractivity contribution in [3.05, 3.63) is 63.1 Å². The highest BCUT2D eigenvalue weighted by Gasteiger charge is 2.08. The number of H-pyrrole nitrogens is 1. The maximum Gasteiger partial charge on any atom is 0.287 e. The summed E-state index contributed by atoms with van der Waals surface area (Å²) in [5, 5.41) is 0. The fraction of sp³-hybridized carbons (Fsp3) is 0.231. The van der Waals surface area contributed by atoms with Crippen LogP contribution >= 0.6 is 0 Å². The van der Waals surface area contributed by atoms with Crippen molar-refractivity contribution in [3.63, 3.8) is 0 Å². The molecule has 1 N–H and O–H groups in total. The van der Waals surface area contributed by atoms with Crippen LogP contribution in [-0.2, 0) is 6.42 Å². The van der Waals surface area contributed by atoms with Crippen LogP contribution in [0.3, 0.4) is 0 Å². The molecular weight excluding hydrogens is 219 g/mol. The zero-order chi connectivity index (χ0) is 12.4. The van der Waals surface area contributed by atoms with Crippen LogP contribution in [-0.4, -0.2) is 9.97 Å². The van der Waals surface area contributed by atoms with Crippen molar-refractivity contribution in [2.24, 2.45) is 0 Å². The third-order valence-corrected chi connectivity index (χ3v) is 2.70. The van der Waals surface area contributed by atoms with Gasteiger partial charge in [-0.25, -0.2) is 4.98 Å². The van der Waals surface area contributed by atoms with Crippen LogP contribution in [0.5, 0.6) is 0 Å². The Bertz CT molecular complexity index is 605. The SMILES string of the molecule is Cc1ccccc1Cc1nc(C)c(F)c(=O)[nH]1. The molecule has 88 valence electrons. The topological polar surface area (TPSA) is 45.8 Å². The van der Waals surface area contributed by atoms with Crippen LogP contribution in [0.1, 0.15) is 22.6 Å². The standard InChI is InChI=1S/C13H13FN2O/c1-8-5-3-4-6-10(8)7-11-15-9(2)12(14)13(17)16-11/h3-6H,7H2,1-2H3,(H,15,16,17). The molecule has 0 spiro atoms. The monoisotopic (exact) mass is 232 g/mol. The molecular formula is C13H13FN2O. The molecule has 0 bridgehead atoms. The van der Waals surface area contributed by atoms with Gasteiger partial charge in [0.05, 0.1) is 5.69 Å². The Hall–Kier alpha value is -1.97. The summed E-state index contributed by atoms with van der Waals surface area (Å²) in [5.74, 6) is -0.318. The molecule has 3 nitrogen and oxygen atoms in total. The molecule has 0 atom stereocenters. The lowest BCUT2D eigenvalue weighted by Crippen LogP contribution is -2.17. The third kappa shape index (κ3) is 2.41. The number of rotatable bonds is 2. The van der Waals surface area contributed by atoms with Gasteiger partial charge >= 0.3 is 0 Å². The third-order valence-electron chi connectivity index (χ3n) is 2.70. The van der Waals surface area contributed by atoms with Gasteiger partial charge in [0.2, 0.25) is 5.82 Å². The van der Waals surface area contributed by atoms with Crippen LogP contribution in [0, 0.1) is 19.7 Å². The second kappa shape index (κ2) is 4.49. The summed E-state index contributed by atoms with van der Waals surface area (Å²) in [5.41, 5.74) is 1.62. The number of hydrogen-bond donors (Lipinski definition) is 1. The predicted molar refractivity (Wildman–Crippen MR) is 63.5 cm³/mol. The Balaban J connectivity index is 2.38. The molecule has 0 amide bonds. The van der Waals surface area contributed by atoms with E-state index in [0.717, 1.165) is 11.1 Å². The van der Waals surface area contributed by atoms with E-state index in [-0.39, 0.29) is 5.69 Å². The van der Waals surface area contributed by atoms with E-state index in [0.29, 0.717) is 12.2 Å². The van der Waals surface area contributed by atoms with E-state index in [1.54, 1.807) is 0 Å². The minimum absolute atomic E-state index is 0.136. The highest BCUT2D eigenvalue weighted by atomic mass is 19.1. The van der Waals surface area contributed by atoms with Gasteiger partial charge in [0.15, 0.2) is 0 Å². The van der Waals surface area contributed by atoms with Crippen LogP contribution < -0.4 is 5.56 Å². The quantitative estimate of drug-likeness (QED) is 0.862. The van der Waals surface area contributed by atoms with E-state index in [2.05, 4.69) is 9.97 Å². The molecule has 2 rings (SSSR count). The second-order valence-electron chi connectivity index (χ2n) is 4.02. The Morgan fingerprint density at radius 2 is 2.00 bits per heavy atom. The van der Waals surface area contributed by atoms with Gasteiger partial charge < -0.3 is 4.98 Å². The summed E-state index contributed by atoms with van der Waals surface area (Å²) < 4.78 is 13.1. The summed E-state index contributed by atoms with van der Waals surface area (Å²) in [6.45, 7) is 3.48. The summed E-state index contributed by atoms with van der Waals surface area (Å²) in [6, 6.07) is 7.83. The first-order valence-corrected chi connectivity index (χ1v) is 5.37. The second-order valence-corrected chi connectivity index (χ2v) is 4.02. The number of aryl methyl sites for hydroxylation is 2. The van der Waals surface area contributed by atoms with Gasteiger partial charge in [-0.05, 0) is 25.0 Å². The van der Waals surface area contributed by atoms with Gasteiger partial charge in [0, 0.05) is 6.42 Å². The number of aromatic nitrogens is 2. The Morgan fingerprint density at radius 1 is 1.29 bits per heavy atom. The summed E-state index contributed by atoms with van der Waals surface area (Å²) >= 11 is 0. The number of nitrogens with zero attached hydrogens (tertiary/aromatic N) is 1. The molecule has 0 aliphatic heterocycles. The van der Waals surface area contributed by atoms with Gasteiger partial charge in [-0.2, -0.15) is 4.39 Å². The first-order chi connectivity index (χ1) is 8.08. The van der Waals surface area contributed by atoms with Crippen LogP contribution in [0.4, 0.5) is 4.39 Å².